The monoisotopic (exact) mass is 259 g/mol. The topological polar surface area (TPSA) is 46.2 Å². The Bertz CT molecular complexity index is 488. The molecule has 0 bridgehead atoms. The van der Waals surface area contributed by atoms with Crippen molar-refractivity contribution >= 4 is 11.7 Å². The molecule has 1 aromatic rings. The fourth-order valence-corrected chi connectivity index (χ4v) is 2.52. The molecule has 3 heteroatoms. The summed E-state index contributed by atoms with van der Waals surface area (Å²) in [6.45, 7) is 4.12. The summed E-state index contributed by atoms with van der Waals surface area (Å²) in [5.41, 5.74) is 2.95. The highest BCUT2D eigenvalue weighted by Crippen LogP contribution is 2.24. The molecule has 1 aliphatic carbocycles. The molecule has 3 nitrogen and oxygen atoms in total. The van der Waals surface area contributed by atoms with Gasteiger partial charge in [-0.2, -0.15) is 0 Å². The van der Waals surface area contributed by atoms with Crippen LogP contribution in [0.2, 0.25) is 0 Å². The largest absolute Gasteiger partial charge is 0.348 e. The van der Waals surface area contributed by atoms with Crippen LogP contribution in [0.4, 0.5) is 0 Å². The van der Waals surface area contributed by atoms with E-state index in [1.807, 2.05) is 32.0 Å². The number of hydrogen-bond donors (Lipinski definition) is 1. The van der Waals surface area contributed by atoms with Crippen LogP contribution < -0.4 is 5.32 Å². The van der Waals surface area contributed by atoms with E-state index in [2.05, 4.69) is 5.32 Å². The Morgan fingerprint density at radius 2 is 1.84 bits per heavy atom. The lowest BCUT2D eigenvalue weighted by atomic mass is 10.0. The van der Waals surface area contributed by atoms with Gasteiger partial charge in [0.1, 0.15) is 0 Å². The molecule has 1 saturated carbocycles. The number of rotatable bonds is 4. The van der Waals surface area contributed by atoms with Crippen molar-refractivity contribution in [1.29, 1.82) is 0 Å². The summed E-state index contributed by atoms with van der Waals surface area (Å²) in [4.78, 5) is 23.9. The second-order valence-electron chi connectivity index (χ2n) is 5.42. The van der Waals surface area contributed by atoms with Crippen LogP contribution in [0.5, 0.6) is 0 Å². The number of benzene rings is 1. The van der Waals surface area contributed by atoms with E-state index < -0.39 is 0 Å². The quantitative estimate of drug-likeness (QED) is 0.845. The third-order valence-corrected chi connectivity index (χ3v) is 3.98. The van der Waals surface area contributed by atoms with E-state index in [4.69, 9.17) is 0 Å². The van der Waals surface area contributed by atoms with E-state index in [1.165, 1.54) is 5.56 Å². The van der Waals surface area contributed by atoms with Crippen LogP contribution in [0.25, 0.3) is 0 Å². The van der Waals surface area contributed by atoms with Crippen molar-refractivity contribution in [2.45, 2.75) is 39.5 Å². The SMILES string of the molecule is Cc1ccc(C(=O)CNC(=O)C2CCCC2)cc1C. The molecule has 102 valence electrons. The minimum Gasteiger partial charge on any atom is -0.348 e. The molecule has 19 heavy (non-hydrogen) atoms. The standard InChI is InChI=1S/C16H21NO2/c1-11-7-8-14(9-12(11)2)15(18)10-17-16(19)13-5-3-4-6-13/h7-9,13H,3-6,10H2,1-2H3,(H,17,19). The summed E-state index contributed by atoms with van der Waals surface area (Å²) in [6.07, 6.45) is 4.18. The Balaban J connectivity index is 1.90. The third-order valence-electron chi connectivity index (χ3n) is 3.98. The summed E-state index contributed by atoms with van der Waals surface area (Å²) >= 11 is 0. The zero-order valence-corrected chi connectivity index (χ0v) is 11.7. The van der Waals surface area contributed by atoms with Crippen LogP contribution in [0, 0.1) is 19.8 Å². The number of hydrogen-bond acceptors (Lipinski definition) is 2. The highest BCUT2D eigenvalue weighted by molar-refractivity contribution is 5.99. The maximum absolute atomic E-state index is 12.0. The van der Waals surface area contributed by atoms with Gasteiger partial charge < -0.3 is 5.32 Å². The van der Waals surface area contributed by atoms with Crippen molar-refractivity contribution in [2.24, 2.45) is 5.92 Å². The number of ketones is 1. The van der Waals surface area contributed by atoms with Crippen molar-refractivity contribution < 1.29 is 9.59 Å². The molecule has 0 aromatic heterocycles. The van der Waals surface area contributed by atoms with Gasteiger partial charge in [0.15, 0.2) is 5.78 Å². The van der Waals surface area contributed by atoms with E-state index in [0.717, 1.165) is 31.2 Å². The lowest BCUT2D eigenvalue weighted by Gasteiger charge is -2.10. The van der Waals surface area contributed by atoms with Gasteiger partial charge in [0.05, 0.1) is 6.54 Å². The molecule has 1 aliphatic rings. The summed E-state index contributed by atoms with van der Waals surface area (Å²) in [7, 11) is 0. The molecule has 0 atom stereocenters. The molecule has 0 radical (unpaired) electrons. The molecule has 2 rings (SSSR count). The average Bonchev–Trinajstić information content (AvgIpc) is 2.92. The molecule has 0 aliphatic heterocycles. The van der Waals surface area contributed by atoms with Gasteiger partial charge in [-0.15, -0.1) is 0 Å². The molecular formula is C16H21NO2. The molecular weight excluding hydrogens is 238 g/mol. The van der Waals surface area contributed by atoms with Crippen molar-refractivity contribution in [3.63, 3.8) is 0 Å². The van der Waals surface area contributed by atoms with Crippen LogP contribution in [0.1, 0.15) is 47.2 Å². The fourth-order valence-electron chi connectivity index (χ4n) is 2.52. The first-order chi connectivity index (χ1) is 9.08. The van der Waals surface area contributed by atoms with E-state index in [-0.39, 0.29) is 24.2 Å². The number of carbonyl (C=O) groups excluding carboxylic acids is 2. The zero-order valence-electron chi connectivity index (χ0n) is 11.7. The van der Waals surface area contributed by atoms with Gasteiger partial charge >= 0.3 is 0 Å². The summed E-state index contributed by atoms with van der Waals surface area (Å²) in [6, 6.07) is 5.66. The van der Waals surface area contributed by atoms with Crippen LogP contribution >= 0.6 is 0 Å². The maximum Gasteiger partial charge on any atom is 0.223 e. The highest BCUT2D eigenvalue weighted by Gasteiger charge is 2.22. The smallest absolute Gasteiger partial charge is 0.223 e. The van der Waals surface area contributed by atoms with E-state index in [1.54, 1.807) is 0 Å². The number of carbonyl (C=O) groups is 2. The average molecular weight is 259 g/mol. The van der Waals surface area contributed by atoms with E-state index >= 15 is 0 Å². The highest BCUT2D eigenvalue weighted by atomic mass is 16.2. The molecule has 0 unspecified atom stereocenters. The van der Waals surface area contributed by atoms with Crippen molar-refractivity contribution in [2.75, 3.05) is 6.54 Å². The molecule has 0 spiro atoms. The minimum absolute atomic E-state index is 0.0190. The number of nitrogens with one attached hydrogen (secondary N) is 1. The Morgan fingerprint density at radius 1 is 1.16 bits per heavy atom. The van der Waals surface area contributed by atoms with Gasteiger partial charge in [0.25, 0.3) is 0 Å². The first-order valence-electron chi connectivity index (χ1n) is 6.96. The Kier molecular flexibility index (Phi) is 4.35. The first kappa shape index (κ1) is 13.8. The Labute approximate surface area is 114 Å². The first-order valence-corrected chi connectivity index (χ1v) is 6.96. The number of Topliss-reactive ketones (excluding diaryl/α,β-unsaturated/α-hetero) is 1. The van der Waals surface area contributed by atoms with E-state index in [9.17, 15) is 9.59 Å². The third kappa shape index (κ3) is 3.43. The Morgan fingerprint density at radius 3 is 2.47 bits per heavy atom. The van der Waals surface area contributed by atoms with Crippen LogP contribution in [0.3, 0.4) is 0 Å². The Hall–Kier alpha value is -1.64. The molecule has 0 heterocycles. The van der Waals surface area contributed by atoms with Crippen molar-refractivity contribution in [3.8, 4) is 0 Å². The molecule has 1 amide bonds. The maximum atomic E-state index is 12.0. The van der Waals surface area contributed by atoms with E-state index in [0.29, 0.717) is 5.56 Å². The zero-order chi connectivity index (χ0) is 13.8. The lowest BCUT2D eigenvalue weighted by Crippen LogP contribution is -2.33. The number of aryl methyl sites for hydroxylation is 2. The molecule has 1 aromatic carbocycles. The normalized spacial score (nSPS) is 15.5. The summed E-state index contributed by atoms with van der Waals surface area (Å²) in [5.74, 6) is 0.136. The summed E-state index contributed by atoms with van der Waals surface area (Å²) in [5, 5.41) is 2.77. The predicted molar refractivity (Wildman–Crippen MR) is 75.2 cm³/mol. The van der Waals surface area contributed by atoms with Crippen molar-refractivity contribution in [3.05, 3.63) is 34.9 Å². The number of amides is 1. The second kappa shape index (κ2) is 6.00. The van der Waals surface area contributed by atoms with Gasteiger partial charge in [-0.3, -0.25) is 9.59 Å². The van der Waals surface area contributed by atoms with Crippen LogP contribution in [0.15, 0.2) is 18.2 Å². The minimum atomic E-state index is -0.0190. The summed E-state index contributed by atoms with van der Waals surface area (Å²) < 4.78 is 0. The lowest BCUT2D eigenvalue weighted by molar-refractivity contribution is -0.124. The van der Waals surface area contributed by atoms with Gasteiger partial charge in [0, 0.05) is 11.5 Å². The second-order valence-corrected chi connectivity index (χ2v) is 5.42. The van der Waals surface area contributed by atoms with Gasteiger partial charge in [-0.25, -0.2) is 0 Å². The fraction of sp³-hybridized carbons (Fsp3) is 0.500. The van der Waals surface area contributed by atoms with Crippen LogP contribution in [-0.2, 0) is 4.79 Å². The van der Waals surface area contributed by atoms with Gasteiger partial charge in [-0.1, -0.05) is 25.0 Å². The molecule has 1 fully saturated rings. The van der Waals surface area contributed by atoms with Gasteiger partial charge in [-0.05, 0) is 43.9 Å². The molecule has 0 saturated heterocycles. The van der Waals surface area contributed by atoms with Crippen LogP contribution in [-0.4, -0.2) is 18.2 Å². The van der Waals surface area contributed by atoms with Gasteiger partial charge in [0.2, 0.25) is 5.91 Å². The predicted octanol–water partition coefficient (Wildman–Crippen LogP) is 2.79. The molecule has 1 N–H and O–H groups in total. The van der Waals surface area contributed by atoms with Crippen molar-refractivity contribution in [1.82, 2.24) is 5.32 Å².